The van der Waals surface area contributed by atoms with Crippen LogP contribution in [0.25, 0.3) is 0 Å². The van der Waals surface area contributed by atoms with Crippen LogP contribution in [-0.2, 0) is 6.42 Å². The summed E-state index contributed by atoms with van der Waals surface area (Å²) in [4.78, 5) is 8.31. The second kappa shape index (κ2) is 8.10. The maximum Gasteiger partial charge on any atom is 0.146 e. The zero-order valence-electron chi connectivity index (χ0n) is 13.9. The monoisotopic (exact) mass is 338 g/mol. The summed E-state index contributed by atoms with van der Waals surface area (Å²) in [5, 5.41) is 6.20. The van der Waals surface area contributed by atoms with Crippen molar-refractivity contribution in [3.63, 3.8) is 0 Å². The number of aromatic nitrogens is 2. The average molecular weight is 338 g/mol. The molecule has 25 heavy (non-hydrogen) atoms. The number of anilines is 3. The van der Waals surface area contributed by atoms with E-state index in [0.717, 1.165) is 17.7 Å². The van der Waals surface area contributed by atoms with Crippen molar-refractivity contribution in [2.45, 2.75) is 6.42 Å². The summed E-state index contributed by atoms with van der Waals surface area (Å²) < 4.78 is 19.1. The first-order chi connectivity index (χ1) is 12.3. The summed E-state index contributed by atoms with van der Waals surface area (Å²) in [6.45, 7) is 0.691. The number of methoxy groups -OCH3 is 1. The minimum atomic E-state index is -0.327. The van der Waals surface area contributed by atoms with E-state index < -0.39 is 0 Å². The highest BCUT2D eigenvalue weighted by Crippen LogP contribution is 2.20. The van der Waals surface area contributed by atoms with Gasteiger partial charge in [-0.15, -0.1) is 0 Å². The van der Waals surface area contributed by atoms with Crippen LogP contribution in [0.4, 0.5) is 21.7 Å². The quantitative estimate of drug-likeness (QED) is 0.681. The first-order valence-electron chi connectivity index (χ1n) is 7.95. The summed E-state index contributed by atoms with van der Waals surface area (Å²) in [6, 6.07) is 16.1. The van der Waals surface area contributed by atoms with Crippen molar-refractivity contribution in [1.82, 2.24) is 9.97 Å². The van der Waals surface area contributed by atoms with E-state index in [-0.39, 0.29) is 5.82 Å². The molecule has 6 heteroatoms. The Kier molecular flexibility index (Phi) is 5.41. The number of para-hydroxylation sites is 2. The van der Waals surface area contributed by atoms with Gasteiger partial charge in [-0.3, -0.25) is 0 Å². The lowest BCUT2D eigenvalue weighted by molar-refractivity contribution is 0.410. The van der Waals surface area contributed by atoms with Crippen molar-refractivity contribution < 1.29 is 9.13 Å². The summed E-state index contributed by atoms with van der Waals surface area (Å²) in [7, 11) is 1.66. The van der Waals surface area contributed by atoms with E-state index in [0.29, 0.717) is 23.9 Å². The van der Waals surface area contributed by atoms with E-state index in [1.165, 1.54) is 12.4 Å². The van der Waals surface area contributed by atoms with Crippen molar-refractivity contribution in [2.75, 3.05) is 24.3 Å². The van der Waals surface area contributed by atoms with Crippen LogP contribution in [0.15, 0.2) is 60.9 Å². The maximum absolute atomic E-state index is 13.7. The van der Waals surface area contributed by atoms with E-state index in [9.17, 15) is 4.39 Å². The van der Waals surface area contributed by atoms with Crippen LogP contribution in [0.1, 0.15) is 5.56 Å². The van der Waals surface area contributed by atoms with Crippen LogP contribution in [0.3, 0.4) is 0 Å². The maximum atomic E-state index is 13.7. The van der Waals surface area contributed by atoms with E-state index in [1.807, 2.05) is 24.3 Å². The molecule has 0 unspecified atom stereocenters. The number of nitrogens with one attached hydrogen (secondary N) is 2. The highest BCUT2D eigenvalue weighted by atomic mass is 19.1. The molecule has 1 heterocycles. The van der Waals surface area contributed by atoms with Crippen LogP contribution >= 0.6 is 0 Å². The molecule has 0 radical (unpaired) electrons. The molecule has 1 aromatic heterocycles. The van der Waals surface area contributed by atoms with Gasteiger partial charge in [0.1, 0.15) is 29.5 Å². The van der Waals surface area contributed by atoms with E-state index >= 15 is 0 Å². The van der Waals surface area contributed by atoms with Crippen molar-refractivity contribution in [2.24, 2.45) is 0 Å². The Morgan fingerprint density at radius 2 is 1.76 bits per heavy atom. The lowest BCUT2D eigenvalue weighted by atomic mass is 10.1. The third kappa shape index (κ3) is 4.44. The molecule has 0 aliphatic carbocycles. The molecular formula is C19H19FN4O. The molecule has 3 rings (SSSR count). The fourth-order valence-corrected chi connectivity index (χ4v) is 2.46. The van der Waals surface area contributed by atoms with E-state index in [2.05, 4.69) is 20.6 Å². The molecule has 2 N–H and O–H groups in total. The topological polar surface area (TPSA) is 59.1 Å². The van der Waals surface area contributed by atoms with Crippen molar-refractivity contribution >= 4 is 17.3 Å². The zero-order chi connectivity index (χ0) is 17.5. The van der Waals surface area contributed by atoms with Gasteiger partial charge in [-0.25, -0.2) is 14.4 Å². The van der Waals surface area contributed by atoms with Gasteiger partial charge in [0.05, 0.1) is 12.8 Å². The summed E-state index contributed by atoms with van der Waals surface area (Å²) in [6.07, 6.45) is 2.23. The molecule has 0 bridgehead atoms. The largest absolute Gasteiger partial charge is 0.496 e. The van der Waals surface area contributed by atoms with Gasteiger partial charge >= 0.3 is 0 Å². The molecule has 0 atom stereocenters. The Balaban J connectivity index is 1.61. The molecule has 0 spiro atoms. The Morgan fingerprint density at radius 1 is 1.00 bits per heavy atom. The first-order valence-corrected chi connectivity index (χ1v) is 7.95. The highest BCUT2D eigenvalue weighted by molar-refractivity contribution is 5.59. The Labute approximate surface area is 145 Å². The van der Waals surface area contributed by atoms with Gasteiger partial charge in [0, 0.05) is 12.6 Å². The summed E-state index contributed by atoms with van der Waals surface area (Å²) in [5.74, 6) is 1.74. The van der Waals surface area contributed by atoms with Crippen LogP contribution in [0.5, 0.6) is 5.75 Å². The number of hydrogen-bond donors (Lipinski definition) is 2. The fraction of sp³-hybridized carbons (Fsp3) is 0.158. The Bertz CT molecular complexity index is 841. The zero-order valence-corrected chi connectivity index (χ0v) is 13.9. The molecular weight excluding hydrogens is 319 g/mol. The lowest BCUT2D eigenvalue weighted by Crippen LogP contribution is -2.08. The smallest absolute Gasteiger partial charge is 0.146 e. The summed E-state index contributed by atoms with van der Waals surface area (Å²) >= 11 is 0. The van der Waals surface area contributed by atoms with Gasteiger partial charge in [-0.1, -0.05) is 30.3 Å². The Morgan fingerprint density at radius 3 is 2.60 bits per heavy atom. The fourth-order valence-electron chi connectivity index (χ4n) is 2.46. The van der Waals surface area contributed by atoms with Gasteiger partial charge in [0.15, 0.2) is 0 Å². The second-order valence-electron chi connectivity index (χ2n) is 5.38. The lowest BCUT2D eigenvalue weighted by Gasteiger charge is -2.10. The van der Waals surface area contributed by atoms with Crippen molar-refractivity contribution in [3.8, 4) is 5.75 Å². The minimum Gasteiger partial charge on any atom is -0.496 e. The molecule has 0 aliphatic heterocycles. The standard InChI is InChI=1S/C19H19FN4O/c1-25-17-9-5-2-6-14(17)10-11-21-18-12-19(23-13-22-18)24-16-8-4-3-7-15(16)20/h2-9,12-13H,10-11H2,1H3,(H2,21,22,23,24). The number of benzene rings is 2. The molecule has 0 fully saturated rings. The van der Waals surface area contributed by atoms with Crippen molar-refractivity contribution in [1.29, 1.82) is 0 Å². The predicted molar refractivity (Wildman–Crippen MR) is 96.9 cm³/mol. The van der Waals surface area contributed by atoms with Gasteiger partial charge in [-0.2, -0.15) is 0 Å². The predicted octanol–water partition coefficient (Wildman–Crippen LogP) is 4.02. The number of ether oxygens (including phenoxy) is 1. The first kappa shape index (κ1) is 16.7. The summed E-state index contributed by atoms with van der Waals surface area (Å²) in [5.41, 5.74) is 1.50. The number of halogens is 1. The molecule has 3 aromatic rings. The Hall–Kier alpha value is -3.15. The molecule has 0 aliphatic rings. The van der Waals surface area contributed by atoms with Crippen LogP contribution < -0.4 is 15.4 Å². The molecule has 0 saturated heterocycles. The molecule has 128 valence electrons. The normalized spacial score (nSPS) is 10.3. The number of hydrogen-bond acceptors (Lipinski definition) is 5. The van der Waals surface area contributed by atoms with Gasteiger partial charge in [0.25, 0.3) is 0 Å². The van der Waals surface area contributed by atoms with Crippen LogP contribution in [-0.4, -0.2) is 23.6 Å². The van der Waals surface area contributed by atoms with Gasteiger partial charge in [0.2, 0.25) is 0 Å². The van der Waals surface area contributed by atoms with Gasteiger partial charge in [-0.05, 0) is 30.2 Å². The highest BCUT2D eigenvalue weighted by Gasteiger charge is 2.05. The van der Waals surface area contributed by atoms with E-state index in [1.54, 1.807) is 31.4 Å². The van der Waals surface area contributed by atoms with Gasteiger partial charge < -0.3 is 15.4 Å². The molecule has 5 nitrogen and oxygen atoms in total. The molecule has 2 aromatic carbocycles. The minimum absolute atomic E-state index is 0.327. The van der Waals surface area contributed by atoms with Crippen LogP contribution in [0, 0.1) is 5.82 Å². The van der Waals surface area contributed by atoms with E-state index in [4.69, 9.17) is 4.74 Å². The average Bonchev–Trinajstić information content (AvgIpc) is 2.64. The van der Waals surface area contributed by atoms with Crippen LogP contribution in [0.2, 0.25) is 0 Å². The molecule has 0 saturated carbocycles. The third-order valence-electron chi connectivity index (χ3n) is 3.70. The number of nitrogens with zero attached hydrogens (tertiary/aromatic N) is 2. The third-order valence-corrected chi connectivity index (χ3v) is 3.70. The molecule has 0 amide bonds. The SMILES string of the molecule is COc1ccccc1CCNc1cc(Nc2ccccc2F)ncn1. The van der Waals surface area contributed by atoms with Crippen molar-refractivity contribution in [3.05, 3.63) is 72.3 Å². The number of rotatable bonds is 7. The second-order valence-corrected chi connectivity index (χ2v) is 5.38.